The monoisotopic (exact) mass is 192 g/mol. The summed E-state index contributed by atoms with van der Waals surface area (Å²) in [4.78, 5) is 15.1. The summed E-state index contributed by atoms with van der Waals surface area (Å²) in [5, 5.41) is 2.60. The van der Waals surface area contributed by atoms with E-state index in [-0.39, 0.29) is 18.2 Å². The van der Waals surface area contributed by atoms with Gasteiger partial charge in [0.1, 0.15) is 0 Å². The number of amides is 1. The lowest BCUT2D eigenvalue weighted by Crippen LogP contribution is -2.60. The number of β-lactam (4-membered cyclic amide) rings is 1. The highest BCUT2D eigenvalue weighted by Crippen LogP contribution is 2.24. The van der Waals surface area contributed by atoms with Crippen molar-refractivity contribution in [2.45, 2.75) is 18.7 Å². The van der Waals surface area contributed by atoms with Crippen LogP contribution >= 0.6 is 0 Å². The van der Waals surface area contributed by atoms with Crippen LogP contribution in [0.4, 0.5) is 0 Å². The average Bonchev–Trinajstić information content (AvgIpc) is 2.57. The Morgan fingerprint density at radius 2 is 2.50 bits per heavy atom. The van der Waals surface area contributed by atoms with Gasteiger partial charge in [-0.3, -0.25) is 4.79 Å². The van der Waals surface area contributed by atoms with Crippen molar-refractivity contribution >= 4 is 11.8 Å². The second-order valence-electron chi connectivity index (χ2n) is 3.22. The number of hydrogen-bond acceptors (Lipinski definition) is 4. The molecule has 0 aliphatic carbocycles. The zero-order chi connectivity index (χ0) is 9.54. The summed E-state index contributed by atoms with van der Waals surface area (Å²) in [6.07, 6.45) is 5.86. The third-order valence-electron chi connectivity index (χ3n) is 2.28. The third-order valence-corrected chi connectivity index (χ3v) is 2.28. The lowest BCUT2D eigenvalue weighted by molar-refractivity contribution is -0.135. The number of fused-ring (bicyclic) bond motifs is 1. The minimum atomic E-state index is -0.375. The first-order chi connectivity index (χ1) is 6.84. The van der Waals surface area contributed by atoms with E-state index in [1.54, 1.807) is 6.26 Å². The molecule has 5 heteroatoms. The van der Waals surface area contributed by atoms with Crippen LogP contribution in [0.15, 0.2) is 29.2 Å². The summed E-state index contributed by atoms with van der Waals surface area (Å²) in [7, 11) is 0. The molecule has 1 amide bonds. The largest absolute Gasteiger partial charge is 0.460 e. The summed E-state index contributed by atoms with van der Waals surface area (Å²) in [6.45, 7) is 0. The molecule has 5 nitrogen and oxygen atoms in total. The number of allylic oxidation sites excluding steroid dienone is 2. The maximum atomic E-state index is 11.0. The highest BCUT2D eigenvalue weighted by Gasteiger charge is 2.47. The van der Waals surface area contributed by atoms with E-state index < -0.39 is 0 Å². The van der Waals surface area contributed by atoms with Gasteiger partial charge in [0.2, 0.25) is 6.23 Å². The number of carbonyl (C=O) groups excluding carboxylic acids is 1. The summed E-state index contributed by atoms with van der Waals surface area (Å²) in [6, 6.07) is -0.375. The van der Waals surface area contributed by atoms with Crippen LogP contribution in [0.2, 0.25) is 0 Å². The van der Waals surface area contributed by atoms with Crippen molar-refractivity contribution in [2.75, 3.05) is 0 Å². The van der Waals surface area contributed by atoms with Gasteiger partial charge in [0.15, 0.2) is 11.8 Å². The van der Waals surface area contributed by atoms with Crippen molar-refractivity contribution < 1.29 is 14.3 Å². The molecule has 1 N–H and O–H groups in total. The minimum absolute atomic E-state index is 0.0862. The first kappa shape index (κ1) is 7.61. The fourth-order valence-electron chi connectivity index (χ4n) is 1.50. The van der Waals surface area contributed by atoms with E-state index in [9.17, 15) is 4.79 Å². The van der Waals surface area contributed by atoms with Crippen LogP contribution < -0.4 is 5.32 Å². The molecule has 14 heavy (non-hydrogen) atoms. The van der Waals surface area contributed by atoms with E-state index in [4.69, 9.17) is 9.47 Å². The van der Waals surface area contributed by atoms with Gasteiger partial charge in [0.25, 0.3) is 11.8 Å². The van der Waals surface area contributed by atoms with Crippen LogP contribution in [0, 0.1) is 0 Å². The summed E-state index contributed by atoms with van der Waals surface area (Å²) < 4.78 is 10.6. The van der Waals surface area contributed by atoms with Crippen molar-refractivity contribution in [1.82, 2.24) is 5.32 Å². The van der Waals surface area contributed by atoms with Gasteiger partial charge in [-0.2, -0.15) is 0 Å². The molecule has 3 aliphatic heterocycles. The van der Waals surface area contributed by atoms with Gasteiger partial charge in [-0.05, 0) is 18.6 Å². The lowest BCUT2D eigenvalue weighted by Gasteiger charge is -2.26. The zero-order valence-corrected chi connectivity index (χ0v) is 7.27. The van der Waals surface area contributed by atoms with Crippen LogP contribution in [-0.4, -0.2) is 24.1 Å². The molecule has 2 atom stereocenters. The molecule has 0 spiro atoms. The van der Waals surface area contributed by atoms with Crippen molar-refractivity contribution in [1.29, 1.82) is 0 Å². The number of nitrogens with one attached hydrogen (secondary N) is 1. The molecule has 3 aliphatic rings. The smallest absolute Gasteiger partial charge is 0.255 e. The molecular formula is C9H8N2O3. The van der Waals surface area contributed by atoms with E-state index >= 15 is 0 Å². The molecule has 3 heterocycles. The minimum Gasteiger partial charge on any atom is -0.460 e. The van der Waals surface area contributed by atoms with E-state index in [2.05, 4.69) is 10.3 Å². The first-order valence-electron chi connectivity index (χ1n) is 4.41. The summed E-state index contributed by atoms with van der Waals surface area (Å²) in [5.41, 5.74) is 0. The van der Waals surface area contributed by atoms with Gasteiger partial charge in [0.05, 0.1) is 6.26 Å². The molecule has 2 unspecified atom stereocenters. The predicted molar refractivity (Wildman–Crippen MR) is 47.2 cm³/mol. The Balaban J connectivity index is 1.80. The Hall–Kier alpha value is -1.78. The molecule has 1 saturated heterocycles. The van der Waals surface area contributed by atoms with E-state index in [1.807, 2.05) is 12.2 Å². The molecule has 1 fully saturated rings. The van der Waals surface area contributed by atoms with Crippen molar-refractivity contribution in [2.24, 2.45) is 4.99 Å². The molecule has 0 aromatic carbocycles. The molecule has 0 radical (unpaired) electrons. The number of aliphatic imine (C=N–C) groups is 1. The first-order valence-corrected chi connectivity index (χ1v) is 4.41. The standard InChI is InChI=1S/C9H8N2O3/c12-7-6-9(11-7)14-8(10-6)5-3-1-2-4-13-5/h2-4,6,9H,1H2,(H,11,12). The quantitative estimate of drug-likeness (QED) is 0.597. The number of nitrogens with zero attached hydrogens (tertiary/aromatic N) is 1. The van der Waals surface area contributed by atoms with Gasteiger partial charge in [-0.25, -0.2) is 4.99 Å². The average molecular weight is 192 g/mol. The van der Waals surface area contributed by atoms with Crippen LogP contribution in [-0.2, 0) is 14.3 Å². The van der Waals surface area contributed by atoms with Crippen LogP contribution in [0.3, 0.4) is 0 Å². The second-order valence-corrected chi connectivity index (χ2v) is 3.22. The Morgan fingerprint density at radius 3 is 3.14 bits per heavy atom. The Bertz CT molecular complexity index is 384. The van der Waals surface area contributed by atoms with E-state index in [0.29, 0.717) is 11.7 Å². The highest BCUT2D eigenvalue weighted by molar-refractivity contribution is 6.00. The highest BCUT2D eigenvalue weighted by atomic mass is 16.6. The normalized spacial score (nSPS) is 33.0. The third kappa shape index (κ3) is 0.951. The zero-order valence-electron chi connectivity index (χ0n) is 7.27. The summed E-state index contributed by atoms with van der Waals surface area (Å²) >= 11 is 0. The van der Waals surface area contributed by atoms with Gasteiger partial charge in [0, 0.05) is 0 Å². The van der Waals surface area contributed by atoms with Gasteiger partial charge >= 0.3 is 0 Å². The topological polar surface area (TPSA) is 59.9 Å². The molecule has 0 aromatic heterocycles. The van der Waals surface area contributed by atoms with E-state index in [1.165, 1.54) is 0 Å². The Morgan fingerprint density at radius 1 is 1.57 bits per heavy atom. The second kappa shape index (κ2) is 2.60. The number of hydrogen-bond donors (Lipinski definition) is 1. The molecule has 3 rings (SSSR count). The van der Waals surface area contributed by atoms with Crippen LogP contribution in [0.5, 0.6) is 0 Å². The molecular weight excluding hydrogens is 184 g/mol. The van der Waals surface area contributed by atoms with Crippen LogP contribution in [0.25, 0.3) is 0 Å². The Kier molecular flexibility index (Phi) is 1.41. The number of carbonyl (C=O) groups is 1. The van der Waals surface area contributed by atoms with Crippen molar-refractivity contribution in [3.8, 4) is 0 Å². The number of rotatable bonds is 1. The van der Waals surface area contributed by atoms with Crippen molar-refractivity contribution in [3.63, 3.8) is 0 Å². The Labute approximate surface area is 80.1 Å². The molecule has 72 valence electrons. The van der Waals surface area contributed by atoms with Crippen LogP contribution in [0.1, 0.15) is 6.42 Å². The van der Waals surface area contributed by atoms with Gasteiger partial charge < -0.3 is 14.8 Å². The maximum Gasteiger partial charge on any atom is 0.255 e. The molecule has 0 aromatic rings. The fourth-order valence-corrected chi connectivity index (χ4v) is 1.50. The molecule has 0 saturated carbocycles. The maximum absolute atomic E-state index is 11.0. The van der Waals surface area contributed by atoms with Gasteiger partial charge in [-0.15, -0.1) is 0 Å². The fraction of sp³-hybridized carbons (Fsp3) is 0.333. The molecule has 0 bridgehead atoms. The van der Waals surface area contributed by atoms with Gasteiger partial charge in [-0.1, -0.05) is 0 Å². The SMILES string of the molecule is O=C1NC2OC(C3=CCC=CO3)=NC12. The van der Waals surface area contributed by atoms with E-state index in [0.717, 1.165) is 6.42 Å². The van der Waals surface area contributed by atoms with Crippen molar-refractivity contribution in [3.05, 3.63) is 24.2 Å². The number of ether oxygens (including phenoxy) is 2. The predicted octanol–water partition coefficient (Wildman–Crippen LogP) is 0.0575. The lowest BCUT2D eigenvalue weighted by atomic mass is 10.1. The summed E-state index contributed by atoms with van der Waals surface area (Å²) in [5.74, 6) is 0.927.